The molecule has 6 heteroatoms. The van der Waals surface area contributed by atoms with Crippen LogP contribution in [-0.2, 0) is 12.8 Å². The molecule has 1 fully saturated rings. The van der Waals surface area contributed by atoms with Crippen LogP contribution in [0, 0.1) is 11.3 Å². The van der Waals surface area contributed by atoms with E-state index in [9.17, 15) is 0 Å². The summed E-state index contributed by atoms with van der Waals surface area (Å²) in [5, 5.41) is 18.3. The van der Waals surface area contributed by atoms with Crippen molar-refractivity contribution in [1.82, 2.24) is 15.2 Å². The van der Waals surface area contributed by atoms with E-state index in [1.165, 1.54) is 41.3 Å². The molecule has 1 aliphatic heterocycles. The van der Waals surface area contributed by atoms with Crippen LogP contribution in [0.3, 0.4) is 0 Å². The van der Waals surface area contributed by atoms with Gasteiger partial charge in [-0.1, -0.05) is 0 Å². The smallest absolute Gasteiger partial charge is 0.163 e. The molecule has 2 aromatic heterocycles. The van der Waals surface area contributed by atoms with E-state index in [1.54, 1.807) is 6.07 Å². The Morgan fingerprint density at radius 1 is 1.17 bits per heavy atom. The second-order valence-corrected chi connectivity index (χ2v) is 7.42. The predicted octanol–water partition coefficient (Wildman–Crippen LogP) is 3.07. The maximum Gasteiger partial charge on any atom is 0.163 e. The molecule has 2 aromatic rings. The number of fused-ring (bicyclic) bond motifs is 1. The van der Waals surface area contributed by atoms with E-state index in [0.717, 1.165) is 31.7 Å². The van der Waals surface area contributed by atoms with Gasteiger partial charge in [-0.05, 0) is 50.7 Å². The van der Waals surface area contributed by atoms with Gasteiger partial charge < -0.3 is 4.90 Å². The summed E-state index contributed by atoms with van der Waals surface area (Å²) in [5.74, 6) is 1.37. The maximum atomic E-state index is 8.84. The van der Waals surface area contributed by atoms with Gasteiger partial charge in [0, 0.05) is 23.9 Å². The minimum Gasteiger partial charge on any atom is -0.354 e. The molecule has 0 N–H and O–H groups in total. The molecular weight excluding hydrogens is 306 g/mol. The molecule has 4 rings (SSSR count). The average Bonchev–Trinajstić information content (AvgIpc) is 3.06. The van der Waals surface area contributed by atoms with E-state index >= 15 is 0 Å². The first kappa shape index (κ1) is 14.6. The van der Waals surface area contributed by atoms with Crippen molar-refractivity contribution in [2.75, 3.05) is 18.0 Å². The van der Waals surface area contributed by atoms with Crippen molar-refractivity contribution in [3.63, 3.8) is 0 Å². The first-order valence-electron chi connectivity index (χ1n) is 8.31. The highest BCUT2D eigenvalue weighted by atomic mass is 32.1. The quantitative estimate of drug-likeness (QED) is 0.849. The van der Waals surface area contributed by atoms with Crippen LogP contribution in [0.15, 0.2) is 12.1 Å². The van der Waals surface area contributed by atoms with Gasteiger partial charge in [0.1, 0.15) is 6.07 Å². The third-order valence-electron chi connectivity index (χ3n) is 4.72. The van der Waals surface area contributed by atoms with Gasteiger partial charge in [-0.25, -0.2) is 4.98 Å². The van der Waals surface area contributed by atoms with Crippen molar-refractivity contribution in [2.45, 2.75) is 44.4 Å². The second-order valence-electron chi connectivity index (χ2n) is 6.30. The van der Waals surface area contributed by atoms with Crippen LogP contribution < -0.4 is 4.90 Å². The van der Waals surface area contributed by atoms with Gasteiger partial charge in [0.05, 0.1) is 10.7 Å². The summed E-state index contributed by atoms with van der Waals surface area (Å²) < 4.78 is 0. The van der Waals surface area contributed by atoms with Gasteiger partial charge in [0.15, 0.2) is 11.5 Å². The number of aryl methyl sites for hydroxylation is 2. The fraction of sp³-hybridized carbons (Fsp3) is 0.529. The molecule has 1 saturated heterocycles. The van der Waals surface area contributed by atoms with Crippen LogP contribution in [-0.4, -0.2) is 28.3 Å². The molecule has 1 atom stereocenters. The molecule has 118 valence electrons. The van der Waals surface area contributed by atoms with Crippen LogP contribution in [0.25, 0.3) is 0 Å². The molecule has 2 aliphatic rings. The summed E-state index contributed by atoms with van der Waals surface area (Å²) in [4.78, 5) is 8.74. The average molecular weight is 325 g/mol. The molecular formula is C17H19N5S. The topological polar surface area (TPSA) is 65.7 Å². The number of nitriles is 1. The molecule has 5 nitrogen and oxygen atoms in total. The van der Waals surface area contributed by atoms with E-state index in [1.807, 2.05) is 23.5 Å². The Morgan fingerprint density at radius 2 is 2.09 bits per heavy atom. The van der Waals surface area contributed by atoms with Crippen LogP contribution in [0.1, 0.15) is 52.9 Å². The first-order chi connectivity index (χ1) is 11.3. The van der Waals surface area contributed by atoms with Crippen LogP contribution in [0.5, 0.6) is 0 Å². The molecule has 0 saturated carbocycles. The van der Waals surface area contributed by atoms with E-state index < -0.39 is 0 Å². The number of thiazole rings is 1. The first-order valence-corrected chi connectivity index (χ1v) is 9.12. The number of piperidine rings is 1. The third kappa shape index (κ3) is 2.93. The fourth-order valence-electron chi connectivity index (χ4n) is 3.49. The molecule has 0 aromatic carbocycles. The molecule has 0 unspecified atom stereocenters. The largest absolute Gasteiger partial charge is 0.354 e. The lowest BCUT2D eigenvalue weighted by molar-refractivity contribution is 0.503. The highest BCUT2D eigenvalue weighted by Crippen LogP contribution is 2.35. The number of rotatable bonds is 2. The van der Waals surface area contributed by atoms with Gasteiger partial charge in [0.2, 0.25) is 0 Å². The van der Waals surface area contributed by atoms with E-state index in [0.29, 0.717) is 11.6 Å². The number of nitrogens with zero attached hydrogens (tertiary/aromatic N) is 5. The molecule has 0 amide bonds. The molecule has 1 aliphatic carbocycles. The lowest BCUT2D eigenvalue weighted by Gasteiger charge is -2.32. The number of hydrogen-bond donors (Lipinski definition) is 0. The molecule has 3 heterocycles. The fourth-order valence-corrected chi connectivity index (χ4v) is 4.77. The van der Waals surface area contributed by atoms with Crippen molar-refractivity contribution < 1.29 is 0 Å². The SMILES string of the molecule is N#Cc1ccc(N2CCC[C@@H](c3nc4c(s3)CCCC4)C2)nn1. The van der Waals surface area contributed by atoms with Crippen LogP contribution >= 0.6 is 11.3 Å². The van der Waals surface area contributed by atoms with Crippen LogP contribution in [0.2, 0.25) is 0 Å². The highest BCUT2D eigenvalue weighted by molar-refractivity contribution is 7.11. The lowest BCUT2D eigenvalue weighted by atomic mass is 9.98. The third-order valence-corrected chi connectivity index (χ3v) is 6.04. The van der Waals surface area contributed by atoms with Crippen molar-refractivity contribution in [1.29, 1.82) is 5.26 Å². The Hall–Kier alpha value is -2.00. The normalized spacial score (nSPS) is 20.8. The van der Waals surface area contributed by atoms with Gasteiger partial charge in [-0.15, -0.1) is 21.5 Å². The molecule has 0 bridgehead atoms. The zero-order chi connectivity index (χ0) is 15.6. The monoisotopic (exact) mass is 325 g/mol. The Kier molecular flexibility index (Phi) is 3.96. The van der Waals surface area contributed by atoms with Crippen molar-refractivity contribution in [2.24, 2.45) is 0 Å². The maximum absolute atomic E-state index is 8.84. The summed E-state index contributed by atoms with van der Waals surface area (Å²) in [7, 11) is 0. The summed E-state index contributed by atoms with van der Waals surface area (Å²) >= 11 is 1.93. The van der Waals surface area contributed by atoms with E-state index in [-0.39, 0.29) is 0 Å². The summed E-state index contributed by atoms with van der Waals surface area (Å²) in [6, 6.07) is 5.67. The predicted molar refractivity (Wildman–Crippen MR) is 89.7 cm³/mol. The summed E-state index contributed by atoms with van der Waals surface area (Å²) in [6.07, 6.45) is 7.32. The van der Waals surface area contributed by atoms with Gasteiger partial charge in [0.25, 0.3) is 0 Å². The van der Waals surface area contributed by atoms with Crippen molar-refractivity contribution in [3.8, 4) is 6.07 Å². The van der Waals surface area contributed by atoms with Crippen molar-refractivity contribution >= 4 is 17.2 Å². The Bertz CT molecular complexity index is 707. The standard InChI is InChI=1S/C17H19N5S/c18-10-13-7-8-16(21-20-13)22-9-3-4-12(11-22)17-19-14-5-1-2-6-15(14)23-17/h7-8,12H,1-6,9,11H2/t12-/m1/s1. The van der Waals surface area contributed by atoms with Crippen molar-refractivity contribution in [3.05, 3.63) is 33.4 Å². The van der Waals surface area contributed by atoms with E-state index in [2.05, 4.69) is 15.1 Å². The molecule has 23 heavy (non-hydrogen) atoms. The van der Waals surface area contributed by atoms with Gasteiger partial charge in [-0.3, -0.25) is 0 Å². The molecule has 0 spiro atoms. The van der Waals surface area contributed by atoms with Crippen LogP contribution in [0.4, 0.5) is 5.82 Å². The van der Waals surface area contributed by atoms with Gasteiger partial charge >= 0.3 is 0 Å². The summed E-state index contributed by atoms with van der Waals surface area (Å²) in [5.41, 5.74) is 1.72. The second kappa shape index (κ2) is 6.25. The van der Waals surface area contributed by atoms with Gasteiger partial charge in [-0.2, -0.15) is 5.26 Å². The number of anilines is 1. The minimum absolute atomic E-state index is 0.370. The lowest BCUT2D eigenvalue weighted by Crippen LogP contribution is -2.35. The highest BCUT2D eigenvalue weighted by Gasteiger charge is 2.26. The minimum atomic E-state index is 0.370. The molecule has 0 radical (unpaired) electrons. The number of hydrogen-bond acceptors (Lipinski definition) is 6. The Labute approximate surface area is 140 Å². The summed E-state index contributed by atoms with van der Waals surface area (Å²) in [6.45, 7) is 1.95. The zero-order valence-electron chi connectivity index (χ0n) is 13.0. The zero-order valence-corrected chi connectivity index (χ0v) is 13.8. The number of aromatic nitrogens is 3. The Morgan fingerprint density at radius 3 is 2.87 bits per heavy atom. The Balaban J connectivity index is 1.52. The van der Waals surface area contributed by atoms with E-state index in [4.69, 9.17) is 10.2 Å².